The van der Waals surface area contributed by atoms with Crippen LogP contribution in [0.3, 0.4) is 0 Å². The van der Waals surface area contributed by atoms with Gasteiger partial charge in [0.1, 0.15) is 42.7 Å². The van der Waals surface area contributed by atoms with Gasteiger partial charge in [-0.05, 0) is 97.2 Å². The first kappa shape index (κ1) is 41.9. The van der Waals surface area contributed by atoms with Gasteiger partial charge in [0.05, 0.1) is 37.4 Å². The molecule has 55 heavy (non-hydrogen) atoms. The van der Waals surface area contributed by atoms with Crippen LogP contribution in [0.1, 0.15) is 99.3 Å². The van der Waals surface area contributed by atoms with Crippen molar-refractivity contribution in [1.29, 1.82) is 0 Å². The second-order valence-electron chi connectivity index (χ2n) is 20.2. The summed E-state index contributed by atoms with van der Waals surface area (Å²) in [5, 5.41) is 95.4. The normalized spacial score (nSPS) is 54.9. The molecule has 0 aromatic heterocycles. The van der Waals surface area contributed by atoms with Gasteiger partial charge >= 0.3 is 5.97 Å². The quantitative estimate of drug-likeness (QED) is 0.104. The first-order valence-electron chi connectivity index (χ1n) is 20.5. The molecule has 0 bridgehead atoms. The van der Waals surface area contributed by atoms with Gasteiger partial charge in [0.15, 0.2) is 6.29 Å². The Morgan fingerprint density at radius 2 is 1.45 bits per heavy atom. The molecule has 0 radical (unpaired) electrons. The van der Waals surface area contributed by atoms with Gasteiger partial charge in [-0.2, -0.15) is 0 Å². The fraction of sp³-hybridized carbons (Fsp3) is 0.927. The predicted molar refractivity (Wildman–Crippen MR) is 194 cm³/mol. The van der Waals surface area contributed by atoms with E-state index in [2.05, 4.69) is 40.7 Å². The van der Waals surface area contributed by atoms with Crippen LogP contribution in [0.2, 0.25) is 0 Å². The third-order valence-electron chi connectivity index (χ3n) is 16.9. The zero-order chi connectivity index (χ0) is 40.3. The first-order valence-corrected chi connectivity index (χ1v) is 20.5. The standard InChI is InChI=1S/C41H66O14/c1-36(2)11-13-41(35(51)55-34-31(50)29(48)28(47)24(17-42)53-34)14-12-39(5)20(21(41)15-36)7-8-26-37(3)16-22(44)32(54-33-30(49)27(46)23(45)18-52-33)38(4,19-43)25(37)9-10-40(26,39)6/h7,21-34,42-50H,8-19H2,1-6H3/t21-,22+,23-,24-,25+,26-,27+,28-,29+,30-,31-,32+,33+,34+,37+,38+,39-,40-,41+/m1/s1. The molecule has 2 heterocycles. The third-order valence-corrected chi connectivity index (χ3v) is 16.9. The van der Waals surface area contributed by atoms with E-state index >= 15 is 0 Å². The Balaban J connectivity index is 1.19. The fourth-order valence-electron chi connectivity index (χ4n) is 13.4. The lowest BCUT2D eigenvalue weighted by atomic mass is 9.33. The van der Waals surface area contributed by atoms with Crippen LogP contribution in [0.25, 0.3) is 0 Å². The largest absolute Gasteiger partial charge is 0.432 e. The van der Waals surface area contributed by atoms with Crippen LogP contribution in [0, 0.1) is 50.2 Å². The molecule has 19 atom stereocenters. The number of fused-ring (bicyclic) bond motifs is 7. The molecule has 314 valence electrons. The molecule has 7 aliphatic rings. The molecule has 4 saturated carbocycles. The number of ether oxygens (including phenoxy) is 4. The molecule has 7 rings (SSSR count). The van der Waals surface area contributed by atoms with Crippen LogP contribution >= 0.6 is 0 Å². The maximum Gasteiger partial charge on any atom is 0.315 e. The molecule has 6 fully saturated rings. The third kappa shape index (κ3) is 6.13. The molecule has 0 aromatic carbocycles. The Hall–Kier alpha value is -1.27. The highest BCUT2D eigenvalue weighted by atomic mass is 16.7. The van der Waals surface area contributed by atoms with E-state index in [1.165, 1.54) is 5.57 Å². The number of rotatable bonds is 6. The second-order valence-corrected chi connectivity index (χ2v) is 20.2. The number of allylic oxidation sites excluding steroid dienone is 2. The number of hydrogen-bond donors (Lipinski definition) is 9. The second kappa shape index (κ2) is 14.2. The maximum absolute atomic E-state index is 14.5. The molecule has 5 aliphatic carbocycles. The molecule has 2 aliphatic heterocycles. The molecule has 14 nitrogen and oxygen atoms in total. The summed E-state index contributed by atoms with van der Waals surface area (Å²) in [6.45, 7) is 12.2. The zero-order valence-corrected chi connectivity index (χ0v) is 33.2. The average molecular weight is 783 g/mol. The highest BCUT2D eigenvalue weighted by Crippen LogP contribution is 2.76. The Morgan fingerprint density at radius 3 is 2.13 bits per heavy atom. The van der Waals surface area contributed by atoms with Crippen molar-refractivity contribution >= 4 is 5.97 Å². The molecular weight excluding hydrogens is 716 g/mol. The monoisotopic (exact) mass is 782 g/mol. The number of carbonyl (C=O) groups is 1. The summed E-state index contributed by atoms with van der Waals surface area (Å²) in [6.07, 6.45) is -6.75. The van der Waals surface area contributed by atoms with E-state index in [0.29, 0.717) is 32.1 Å². The highest BCUT2D eigenvalue weighted by Gasteiger charge is 2.71. The van der Waals surface area contributed by atoms with Gasteiger partial charge in [0.2, 0.25) is 6.29 Å². The number of aliphatic hydroxyl groups excluding tert-OH is 9. The van der Waals surface area contributed by atoms with Crippen LogP contribution in [0.5, 0.6) is 0 Å². The van der Waals surface area contributed by atoms with Crippen molar-refractivity contribution in [1.82, 2.24) is 0 Å². The van der Waals surface area contributed by atoms with Crippen molar-refractivity contribution in [3.63, 3.8) is 0 Å². The van der Waals surface area contributed by atoms with Crippen LogP contribution in [0.15, 0.2) is 11.6 Å². The lowest BCUT2D eigenvalue weighted by molar-refractivity contribution is -0.328. The minimum Gasteiger partial charge on any atom is -0.432 e. The van der Waals surface area contributed by atoms with E-state index in [1.54, 1.807) is 0 Å². The van der Waals surface area contributed by atoms with Gasteiger partial charge in [-0.1, -0.05) is 53.2 Å². The van der Waals surface area contributed by atoms with Crippen molar-refractivity contribution in [3.05, 3.63) is 11.6 Å². The molecule has 2 saturated heterocycles. The average Bonchev–Trinajstić information content (AvgIpc) is 3.13. The first-order chi connectivity index (χ1) is 25.6. The number of esters is 1. The number of hydrogen-bond acceptors (Lipinski definition) is 14. The number of aliphatic hydroxyl groups is 9. The number of carbonyl (C=O) groups excluding carboxylic acids is 1. The minimum atomic E-state index is -1.69. The minimum absolute atomic E-state index is 0.0622. The molecular formula is C41H66O14. The summed E-state index contributed by atoms with van der Waals surface area (Å²) in [7, 11) is 0. The lowest BCUT2D eigenvalue weighted by Crippen LogP contribution is -2.69. The van der Waals surface area contributed by atoms with Crippen molar-refractivity contribution in [3.8, 4) is 0 Å². The van der Waals surface area contributed by atoms with Crippen molar-refractivity contribution < 1.29 is 69.7 Å². The Kier molecular flexibility index (Phi) is 10.8. The Labute approximate surface area is 323 Å². The summed E-state index contributed by atoms with van der Waals surface area (Å²) in [5.74, 6) is -0.634. The smallest absolute Gasteiger partial charge is 0.315 e. The van der Waals surface area contributed by atoms with Crippen LogP contribution in [0.4, 0.5) is 0 Å². The van der Waals surface area contributed by atoms with E-state index in [4.69, 9.17) is 18.9 Å². The maximum atomic E-state index is 14.5. The SMILES string of the molecule is CC1(C)CC[C@]2(C(=O)O[C@@H]3O[C@H](CO)[C@@H](O)[C@H](O)[C@H]3O)CC[C@]3(C)C(=CC[C@@H]4[C@@]5(C)C[C@H](O)[C@H](O[C@@H]6OC[C@@H](O)[C@H](O)[C@H]6O)[C@@](C)(CO)[C@H]5CC[C@]43C)[C@H]2C1. The van der Waals surface area contributed by atoms with Gasteiger partial charge in [0.25, 0.3) is 0 Å². The van der Waals surface area contributed by atoms with Crippen LogP contribution in [-0.2, 0) is 23.7 Å². The lowest BCUT2D eigenvalue weighted by Gasteiger charge is -2.71. The van der Waals surface area contributed by atoms with Gasteiger partial charge < -0.3 is 64.9 Å². The predicted octanol–water partition coefficient (Wildman–Crippen LogP) is 0.899. The topological polar surface area (TPSA) is 236 Å². The van der Waals surface area contributed by atoms with Gasteiger partial charge in [-0.3, -0.25) is 4.79 Å². The van der Waals surface area contributed by atoms with Gasteiger partial charge in [-0.25, -0.2) is 0 Å². The summed E-state index contributed by atoms with van der Waals surface area (Å²) >= 11 is 0. The Morgan fingerprint density at radius 1 is 0.782 bits per heavy atom. The van der Waals surface area contributed by atoms with Crippen molar-refractivity contribution in [2.24, 2.45) is 50.2 Å². The van der Waals surface area contributed by atoms with E-state index in [1.807, 2.05) is 6.92 Å². The van der Waals surface area contributed by atoms with E-state index in [0.717, 1.165) is 25.7 Å². The summed E-state index contributed by atoms with van der Waals surface area (Å²) in [5.41, 5.74) is -1.65. The van der Waals surface area contributed by atoms with Crippen molar-refractivity contribution in [2.45, 2.75) is 167 Å². The molecule has 0 amide bonds. The van der Waals surface area contributed by atoms with Crippen LogP contribution < -0.4 is 0 Å². The fourth-order valence-corrected chi connectivity index (χ4v) is 13.4. The molecule has 14 heteroatoms. The van der Waals surface area contributed by atoms with E-state index < -0.39 is 96.3 Å². The molecule has 0 aromatic rings. The van der Waals surface area contributed by atoms with Gasteiger partial charge in [-0.15, -0.1) is 0 Å². The van der Waals surface area contributed by atoms with E-state index in [9.17, 15) is 50.8 Å². The molecule has 0 unspecified atom stereocenters. The van der Waals surface area contributed by atoms with Gasteiger partial charge in [0, 0.05) is 5.41 Å². The zero-order valence-electron chi connectivity index (χ0n) is 33.2. The van der Waals surface area contributed by atoms with E-state index in [-0.39, 0.29) is 47.2 Å². The van der Waals surface area contributed by atoms with Crippen LogP contribution in [-0.4, -0.2) is 139 Å². The molecule has 0 spiro atoms. The summed E-state index contributed by atoms with van der Waals surface area (Å²) in [4.78, 5) is 14.5. The summed E-state index contributed by atoms with van der Waals surface area (Å²) in [6, 6.07) is 0. The summed E-state index contributed by atoms with van der Waals surface area (Å²) < 4.78 is 23.4. The Bertz CT molecular complexity index is 1490. The highest BCUT2D eigenvalue weighted by molar-refractivity contribution is 5.79. The van der Waals surface area contributed by atoms with Crippen molar-refractivity contribution in [2.75, 3.05) is 19.8 Å². The molecule has 9 N–H and O–H groups in total.